The molecule has 7 heteroatoms. The van der Waals surface area contributed by atoms with E-state index in [1.54, 1.807) is 18.2 Å². The van der Waals surface area contributed by atoms with E-state index in [0.717, 1.165) is 0 Å². The van der Waals surface area contributed by atoms with Gasteiger partial charge in [0.15, 0.2) is 0 Å². The van der Waals surface area contributed by atoms with E-state index in [0.29, 0.717) is 18.2 Å². The molecule has 6 nitrogen and oxygen atoms in total. The molecule has 0 aliphatic carbocycles. The summed E-state index contributed by atoms with van der Waals surface area (Å²) in [5.41, 5.74) is 6.03. The molecule has 20 heavy (non-hydrogen) atoms. The average molecular weight is 293 g/mol. The molecule has 0 spiro atoms. The molecule has 0 saturated carbocycles. The van der Waals surface area contributed by atoms with Crippen LogP contribution in [0.25, 0.3) is 0 Å². The van der Waals surface area contributed by atoms with Crippen molar-refractivity contribution in [2.45, 2.75) is 11.8 Å². The minimum atomic E-state index is -3.69. The fourth-order valence-electron chi connectivity index (χ4n) is 1.54. The van der Waals surface area contributed by atoms with Crippen LogP contribution < -0.4 is 15.2 Å². The lowest BCUT2D eigenvalue weighted by atomic mass is 10.3. The van der Waals surface area contributed by atoms with Crippen LogP contribution in [-0.2, 0) is 10.0 Å². The number of aromatic nitrogens is 1. The molecule has 0 radical (unpaired) electrons. The number of sulfonamides is 1. The van der Waals surface area contributed by atoms with Gasteiger partial charge in [0.2, 0.25) is 5.88 Å². The van der Waals surface area contributed by atoms with Crippen molar-refractivity contribution < 1.29 is 13.2 Å². The number of anilines is 2. The third-order valence-electron chi connectivity index (χ3n) is 2.45. The summed E-state index contributed by atoms with van der Waals surface area (Å²) in [5, 5.41) is 0. The lowest BCUT2D eigenvalue weighted by molar-refractivity contribution is 0.327. The summed E-state index contributed by atoms with van der Waals surface area (Å²) in [4.78, 5) is 4.17. The number of nitrogens with zero attached hydrogens (tertiary/aromatic N) is 1. The SMILES string of the molecule is CCOc1cccc(NS(=O)(=O)c2ccc(N)cc2)n1. The van der Waals surface area contributed by atoms with Crippen LogP contribution in [0.15, 0.2) is 47.4 Å². The summed E-state index contributed by atoms with van der Waals surface area (Å²) in [7, 11) is -3.69. The predicted molar refractivity (Wildman–Crippen MR) is 77.1 cm³/mol. The maximum Gasteiger partial charge on any atom is 0.263 e. The van der Waals surface area contributed by atoms with Crippen molar-refractivity contribution in [2.75, 3.05) is 17.1 Å². The zero-order chi connectivity index (χ0) is 14.6. The molecule has 0 unspecified atom stereocenters. The van der Waals surface area contributed by atoms with Crippen LogP contribution in [0.2, 0.25) is 0 Å². The Hall–Kier alpha value is -2.28. The fraction of sp³-hybridized carbons (Fsp3) is 0.154. The molecule has 1 aromatic carbocycles. The number of nitrogen functional groups attached to an aromatic ring is 1. The quantitative estimate of drug-likeness (QED) is 0.821. The van der Waals surface area contributed by atoms with Crippen LogP contribution in [-0.4, -0.2) is 20.0 Å². The van der Waals surface area contributed by atoms with Crippen molar-refractivity contribution in [1.29, 1.82) is 0 Å². The van der Waals surface area contributed by atoms with Crippen LogP contribution in [0.1, 0.15) is 6.92 Å². The summed E-state index contributed by atoms with van der Waals surface area (Å²) in [5.74, 6) is 0.567. The van der Waals surface area contributed by atoms with Crippen molar-refractivity contribution in [2.24, 2.45) is 0 Å². The highest BCUT2D eigenvalue weighted by Crippen LogP contribution is 2.17. The van der Waals surface area contributed by atoms with Crippen molar-refractivity contribution >= 4 is 21.5 Å². The van der Waals surface area contributed by atoms with E-state index < -0.39 is 10.0 Å². The minimum Gasteiger partial charge on any atom is -0.478 e. The van der Waals surface area contributed by atoms with E-state index in [2.05, 4.69) is 9.71 Å². The molecule has 0 fully saturated rings. The molecular formula is C13H15N3O3S. The Bertz CT molecular complexity index is 684. The van der Waals surface area contributed by atoms with Gasteiger partial charge in [0.05, 0.1) is 11.5 Å². The second-order valence-corrected chi connectivity index (χ2v) is 5.65. The van der Waals surface area contributed by atoms with Gasteiger partial charge < -0.3 is 10.5 Å². The van der Waals surface area contributed by atoms with Gasteiger partial charge in [-0.05, 0) is 37.3 Å². The van der Waals surface area contributed by atoms with Gasteiger partial charge in [-0.2, -0.15) is 4.98 Å². The van der Waals surface area contributed by atoms with Crippen molar-refractivity contribution in [3.05, 3.63) is 42.5 Å². The smallest absolute Gasteiger partial charge is 0.263 e. The van der Waals surface area contributed by atoms with Crippen LogP contribution in [0.5, 0.6) is 5.88 Å². The number of pyridine rings is 1. The molecule has 1 heterocycles. The maximum absolute atomic E-state index is 12.1. The van der Waals surface area contributed by atoms with Crippen molar-refractivity contribution in [3.63, 3.8) is 0 Å². The monoisotopic (exact) mass is 293 g/mol. The molecule has 106 valence electrons. The number of rotatable bonds is 5. The number of nitrogens with one attached hydrogen (secondary N) is 1. The van der Waals surface area contributed by atoms with Crippen molar-refractivity contribution in [1.82, 2.24) is 4.98 Å². The van der Waals surface area contributed by atoms with E-state index in [1.807, 2.05) is 6.92 Å². The Morgan fingerprint density at radius 3 is 2.55 bits per heavy atom. The summed E-state index contributed by atoms with van der Waals surface area (Å²) >= 11 is 0. The predicted octanol–water partition coefficient (Wildman–Crippen LogP) is 1.86. The van der Waals surface area contributed by atoms with Gasteiger partial charge in [-0.1, -0.05) is 6.07 Å². The Morgan fingerprint density at radius 1 is 1.20 bits per heavy atom. The highest BCUT2D eigenvalue weighted by Gasteiger charge is 2.14. The topological polar surface area (TPSA) is 94.3 Å². The van der Waals surface area contributed by atoms with Gasteiger partial charge in [-0.3, -0.25) is 4.72 Å². The molecule has 1 aromatic heterocycles. The van der Waals surface area contributed by atoms with E-state index in [4.69, 9.17) is 10.5 Å². The third kappa shape index (κ3) is 3.39. The number of benzene rings is 1. The highest BCUT2D eigenvalue weighted by atomic mass is 32.2. The van der Waals surface area contributed by atoms with Gasteiger partial charge in [0.1, 0.15) is 5.82 Å². The number of hydrogen-bond donors (Lipinski definition) is 2. The molecule has 0 saturated heterocycles. The Balaban J connectivity index is 2.24. The molecular weight excluding hydrogens is 278 g/mol. The average Bonchev–Trinajstić information content (AvgIpc) is 2.39. The minimum absolute atomic E-state index is 0.121. The standard InChI is InChI=1S/C13H15N3O3S/c1-2-19-13-5-3-4-12(15-13)16-20(17,18)11-8-6-10(14)7-9-11/h3-9H,2,14H2,1H3,(H,15,16). The van der Waals surface area contributed by atoms with Crippen LogP contribution >= 0.6 is 0 Å². The molecule has 0 bridgehead atoms. The number of nitrogens with two attached hydrogens (primary N) is 1. The van der Waals surface area contributed by atoms with E-state index in [1.165, 1.54) is 24.3 Å². The zero-order valence-corrected chi connectivity index (χ0v) is 11.7. The van der Waals surface area contributed by atoms with Gasteiger partial charge in [-0.15, -0.1) is 0 Å². The van der Waals surface area contributed by atoms with Crippen LogP contribution in [0.3, 0.4) is 0 Å². The van der Waals surface area contributed by atoms with Gasteiger partial charge in [0, 0.05) is 11.8 Å². The van der Waals surface area contributed by atoms with Crippen LogP contribution in [0.4, 0.5) is 11.5 Å². The van der Waals surface area contributed by atoms with Crippen molar-refractivity contribution in [3.8, 4) is 5.88 Å². The number of hydrogen-bond acceptors (Lipinski definition) is 5. The van der Waals surface area contributed by atoms with E-state index in [-0.39, 0.29) is 10.7 Å². The van der Waals surface area contributed by atoms with Gasteiger partial charge in [-0.25, -0.2) is 8.42 Å². The lowest BCUT2D eigenvalue weighted by Crippen LogP contribution is -2.14. The molecule has 0 amide bonds. The summed E-state index contributed by atoms with van der Waals surface area (Å²) in [6, 6.07) is 10.8. The fourth-order valence-corrected chi connectivity index (χ4v) is 2.54. The molecule has 0 aliphatic rings. The molecule has 0 aliphatic heterocycles. The lowest BCUT2D eigenvalue weighted by Gasteiger charge is -2.09. The summed E-state index contributed by atoms with van der Waals surface area (Å²) in [6.45, 7) is 2.29. The first-order valence-corrected chi connectivity index (χ1v) is 7.48. The first-order valence-electron chi connectivity index (χ1n) is 5.99. The molecule has 0 atom stereocenters. The molecule has 2 rings (SSSR count). The highest BCUT2D eigenvalue weighted by molar-refractivity contribution is 7.92. The van der Waals surface area contributed by atoms with E-state index >= 15 is 0 Å². The Kier molecular flexibility index (Phi) is 4.09. The Morgan fingerprint density at radius 2 is 1.90 bits per heavy atom. The van der Waals surface area contributed by atoms with Crippen LogP contribution in [0, 0.1) is 0 Å². The second-order valence-electron chi connectivity index (χ2n) is 3.97. The second kappa shape index (κ2) is 5.79. The number of ether oxygens (including phenoxy) is 1. The third-order valence-corrected chi connectivity index (χ3v) is 3.82. The summed E-state index contributed by atoms with van der Waals surface area (Å²) < 4.78 is 31.9. The largest absolute Gasteiger partial charge is 0.478 e. The van der Waals surface area contributed by atoms with Gasteiger partial charge in [0.25, 0.3) is 10.0 Å². The first-order chi connectivity index (χ1) is 9.51. The molecule has 3 N–H and O–H groups in total. The maximum atomic E-state index is 12.1. The first kappa shape index (κ1) is 14.1. The normalized spacial score (nSPS) is 11.1. The van der Waals surface area contributed by atoms with E-state index in [9.17, 15) is 8.42 Å². The summed E-state index contributed by atoms with van der Waals surface area (Å²) in [6.07, 6.45) is 0. The van der Waals surface area contributed by atoms with Gasteiger partial charge >= 0.3 is 0 Å². The molecule has 2 aromatic rings. The zero-order valence-electron chi connectivity index (χ0n) is 10.9. The Labute approximate surface area is 117 Å².